The van der Waals surface area contributed by atoms with Gasteiger partial charge in [0.1, 0.15) is 5.75 Å². The first-order chi connectivity index (χ1) is 13.3. The SMILES string of the molecule is Cc1cc(C)c2c(c1)OCC1C2=CC2=C(C(=O)c3ccccc32)C1[Si](C)(C)C. The van der Waals surface area contributed by atoms with Gasteiger partial charge in [0.25, 0.3) is 0 Å². The quantitative estimate of drug-likeness (QED) is 0.556. The van der Waals surface area contributed by atoms with Crippen LogP contribution >= 0.6 is 0 Å². The molecule has 3 heteroatoms. The van der Waals surface area contributed by atoms with Crippen LogP contribution in [0.25, 0.3) is 11.1 Å². The van der Waals surface area contributed by atoms with Crippen molar-refractivity contribution in [2.75, 3.05) is 6.61 Å². The van der Waals surface area contributed by atoms with Gasteiger partial charge in [0.05, 0.1) is 14.7 Å². The summed E-state index contributed by atoms with van der Waals surface area (Å²) in [7, 11) is -1.68. The highest BCUT2D eigenvalue weighted by Gasteiger charge is 2.49. The molecule has 1 aliphatic heterocycles. The van der Waals surface area contributed by atoms with E-state index >= 15 is 0 Å². The molecule has 0 N–H and O–H groups in total. The van der Waals surface area contributed by atoms with E-state index in [1.807, 2.05) is 18.2 Å². The van der Waals surface area contributed by atoms with Crippen molar-refractivity contribution >= 4 is 25.0 Å². The monoisotopic (exact) mass is 386 g/mol. The smallest absolute Gasteiger partial charge is 0.190 e. The molecular formula is C25H26O2Si. The molecule has 0 fully saturated rings. The number of ether oxygens (including phenoxy) is 1. The van der Waals surface area contributed by atoms with Crippen molar-refractivity contribution in [3.05, 3.63) is 75.9 Å². The van der Waals surface area contributed by atoms with E-state index in [2.05, 4.69) is 57.8 Å². The summed E-state index contributed by atoms with van der Waals surface area (Å²) in [6.45, 7) is 12.1. The van der Waals surface area contributed by atoms with Gasteiger partial charge in [0.15, 0.2) is 5.78 Å². The molecule has 1 heterocycles. The van der Waals surface area contributed by atoms with Crippen molar-refractivity contribution in [3.63, 3.8) is 0 Å². The third-order valence-corrected chi connectivity index (χ3v) is 9.05. The highest BCUT2D eigenvalue weighted by molar-refractivity contribution is 6.79. The minimum Gasteiger partial charge on any atom is -0.492 e. The first-order valence-corrected chi connectivity index (χ1v) is 13.7. The minimum atomic E-state index is -1.68. The van der Waals surface area contributed by atoms with Gasteiger partial charge >= 0.3 is 0 Å². The normalized spacial score (nSPS) is 22.8. The molecule has 0 bridgehead atoms. The Morgan fingerprint density at radius 2 is 1.75 bits per heavy atom. The predicted molar refractivity (Wildman–Crippen MR) is 118 cm³/mol. The molecule has 28 heavy (non-hydrogen) atoms. The Hall–Kier alpha value is -2.39. The predicted octanol–water partition coefficient (Wildman–Crippen LogP) is 6.07. The van der Waals surface area contributed by atoms with Crippen molar-refractivity contribution in [1.82, 2.24) is 0 Å². The largest absolute Gasteiger partial charge is 0.492 e. The molecule has 142 valence electrons. The molecule has 5 rings (SSSR count). The maximum Gasteiger partial charge on any atom is 0.190 e. The van der Waals surface area contributed by atoms with Gasteiger partial charge in [0.2, 0.25) is 0 Å². The zero-order chi connectivity index (χ0) is 19.8. The molecule has 0 saturated carbocycles. The van der Waals surface area contributed by atoms with E-state index in [0.717, 1.165) is 28.0 Å². The number of allylic oxidation sites excluding steroid dienone is 3. The summed E-state index contributed by atoms with van der Waals surface area (Å²) < 4.78 is 6.29. The third kappa shape index (κ3) is 2.35. The van der Waals surface area contributed by atoms with E-state index in [1.54, 1.807) is 0 Å². The van der Waals surface area contributed by atoms with E-state index in [9.17, 15) is 4.79 Å². The Balaban J connectivity index is 1.81. The van der Waals surface area contributed by atoms with Crippen LogP contribution in [0.1, 0.15) is 32.6 Å². The van der Waals surface area contributed by atoms with Crippen LogP contribution in [-0.2, 0) is 0 Å². The van der Waals surface area contributed by atoms with Gasteiger partial charge in [-0.1, -0.05) is 50.0 Å². The highest BCUT2D eigenvalue weighted by atomic mass is 28.3. The van der Waals surface area contributed by atoms with Crippen molar-refractivity contribution in [3.8, 4) is 5.75 Å². The average molecular weight is 387 g/mol. The van der Waals surface area contributed by atoms with E-state index < -0.39 is 8.07 Å². The molecule has 0 amide bonds. The van der Waals surface area contributed by atoms with Crippen LogP contribution in [0.4, 0.5) is 0 Å². The average Bonchev–Trinajstić information content (AvgIpc) is 2.91. The number of ketones is 1. The first kappa shape index (κ1) is 17.7. The third-order valence-electron chi connectivity index (χ3n) is 6.49. The molecule has 2 aromatic rings. The fourth-order valence-electron chi connectivity index (χ4n) is 5.51. The standard InChI is InChI=1S/C25H26O2Si/c1-14-10-15(2)22-19-12-18-16-8-6-7-9-17(16)24(26)23(18)25(28(3,4)5)20(19)13-27-21(22)11-14/h6-12,20,25H,13H2,1-5H3. The molecule has 2 atom stereocenters. The van der Waals surface area contributed by atoms with Crippen LogP contribution in [0.15, 0.2) is 48.0 Å². The Kier molecular flexibility index (Phi) is 3.67. The maximum absolute atomic E-state index is 13.4. The minimum absolute atomic E-state index is 0.236. The van der Waals surface area contributed by atoms with Gasteiger partial charge in [-0.25, -0.2) is 0 Å². The molecule has 0 radical (unpaired) electrons. The number of Topliss-reactive ketones (excluding diaryl/α,β-unsaturated/α-hetero) is 1. The summed E-state index contributed by atoms with van der Waals surface area (Å²) >= 11 is 0. The summed E-state index contributed by atoms with van der Waals surface area (Å²) in [4.78, 5) is 13.4. The van der Waals surface area contributed by atoms with Gasteiger partial charge in [-0.3, -0.25) is 4.79 Å². The van der Waals surface area contributed by atoms with Crippen molar-refractivity contribution < 1.29 is 9.53 Å². The number of hydrogen-bond acceptors (Lipinski definition) is 2. The summed E-state index contributed by atoms with van der Waals surface area (Å²) in [5, 5.41) is 0. The summed E-state index contributed by atoms with van der Waals surface area (Å²) in [5.41, 5.74) is 9.57. The molecule has 3 aliphatic rings. The molecule has 0 spiro atoms. The number of hydrogen-bond donors (Lipinski definition) is 0. The Bertz CT molecular complexity index is 1100. The van der Waals surface area contributed by atoms with Gasteiger partial charge < -0.3 is 4.74 Å². The Morgan fingerprint density at radius 3 is 2.46 bits per heavy atom. The topological polar surface area (TPSA) is 26.3 Å². The highest BCUT2D eigenvalue weighted by Crippen LogP contribution is 2.57. The molecule has 2 aromatic carbocycles. The second kappa shape index (κ2) is 5.80. The lowest BCUT2D eigenvalue weighted by Gasteiger charge is -2.43. The lowest BCUT2D eigenvalue weighted by molar-refractivity contribution is 0.103. The lowest BCUT2D eigenvalue weighted by atomic mass is 9.77. The maximum atomic E-state index is 13.4. The van der Waals surface area contributed by atoms with Crippen molar-refractivity contribution in [1.29, 1.82) is 0 Å². The van der Waals surface area contributed by atoms with Crippen LogP contribution in [0.2, 0.25) is 25.2 Å². The van der Waals surface area contributed by atoms with E-state index in [-0.39, 0.29) is 17.2 Å². The van der Waals surface area contributed by atoms with Gasteiger partial charge in [0, 0.05) is 22.6 Å². The molecule has 2 unspecified atom stereocenters. The van der Waals surface area contributed by atoms with E-state index in [1.165, 1.54) is 22.3 Å². The Labute approximate surface area is 167 Å². The summed E-state index contributed by atoms with van der Waals surface area (Å²) in [5.74, 6) is 1.49. The van der Waals surface area contributed by atoms with Gasteiger partial charge in [-0.05, 0) is 59.4 Å². The molecule has 2 aliphatic carbocycles. The number of rotatable bonds is 1. The van der Waals surface area contributed by atoms with E-state index in [4.69, 9.17) is 4.74 Å². The van der Waals surface area contributed by atoms with Crippen LogP contribution in [0, 0.1) is 19.8 Å². The van der Waals surface area contributed by atoms with Crippen LogP contribution in [0.3, 0.4) is 0 Å². The van der Waals surface area contributed by atoms with Crippen molar-refractivity contribution in [2.24, 2.45) is 5.92 Å². The molecule has 2 nitrogen and oxygen atoms in total. The number of carbonyl (C=O) groups excluding carboxylic acids is 1. The molecular weight excluding hydrogens is 360 g/mol. The number of carbonyl (C=O) groups is 1. The zero-order valence-electron chi connectivity index (χ0n) is 17.2. The van der Waals surface area contributed by atoms with Crippen LogP contribution in [-0.4, -0.2) is 20.5 Å². The summed E-state index contributed by atoms with van der Waals surface area (Å²) in [6.07, 6.45) is 2.31. The molecule has 0 aromatic heterocycles. The number of fused-ring (bicyclic) bond motifs is 5. The fourth-order valence-corrected chi connectivity index (χ4v) is 8.14. The fraction of sp³-hybridized carbons (Fsp3) is 0.320. The number of benzene rings is 2. The van der Waals surface area contributed by atoms with Gasteiger partial charge in [-0.2, -0.15) is 0 Å². The number of aryl methyl sites for hydroxylation is 2. The zero-order valence-corrected chi connectivity index (χ0v) is 18.2. The van der Waals surface area contributed by atoms with Gasteiger partial charge in [-0.15, -0.1) is 0 Å². The summed E-state index contributed by atoms with van der Waals surface area (Å²) in [6, 6.07) is 12.5. The first-order valence-electron chi connectivity index (χ1n) is 10.1. The van der Waals surface area contributed by atoms with E-state index in [0.29, 0.717) is 6.61 Å². The second-order valence-corrected chi connectivity index (χ2v) is 14.9. The lowest BCUT2D eigenvalue weighted by Crippen LogP contribution is -2.41. The van der Waals surface area contributed by atoms with Crippen LogP contribution in [0.5, 0.6) is 5.75 Å². The molecule has 0 saturated heterocycles. The van der Waals surface area contributed by atoms with Crippen LogP contribution < -0.4 is 4.74 Å². The van der Waals surface area contributed by atoms with Crippen molar-refractivity contribution in [2.45, 2.75) is 39.0 Å². The second-order valence-electron chi connectivity index (χ2n) is 9.52. The Morgan fingerprint density at radius 1 is 1.04 bits per heavy atom.